The van der Waals surface area contributed by atoms with Crippen LogP contribution in [0.2, 0.25) is 0 Å². The number of carboxylic acids is 1. The Hall–Kier alpha value is -2.30. The van der Waals surface area contributed by atoms with Gasteiger partial charge in [-0.2, -0.15) is 0 Å². The molecule has 2 heterocycles. The van der Waals surface area contributed by atoms with Crippen LogP contribution >= 0.6 is 12.4 Å². The summed E-state index contributed by atoms with van der Waals surface area (Å²) in [4.78, 5) is 15.0. The minimum Gasteiger partial charge on any atom is -0.480 e. The molecule has 1 aliphatic rings. The van der Waals surface area contributed by atoms with E-state index in [-0.39, 0.29) is 18.4 Å². The molecule has 0 spiro atoms. The summed E-state index contributed by atoms with van der Waals surface area (Å²) in [6.45, 7) is 0. The Morgan fingerprint density at radius 1 is 1.04 bits per heavy atom. The minimum atomic E-state index is -0.808. The highest BCUT2D eigenvalue weighted by Gasteiger charge is 2.33. The summed E-state index contributed by atoms with van der Waals surface area (Å²) in [7, 11) is 0. The van der Waals surface area contributed by atoms with Crippen LogP contribution in [0.4, 0.5) is 0 Å². The number of aromatic nitrogens is 1. The fourth-order valence-electron chi connectivity index (χ4n) is 3.30. The van der Waals surface area contributed by atoms with Crippen LogP contribution in [0.1, 0.15) is 22.9 Å². The SMILES string of the molecule is Cl.O=C(O)C1Cc2c([nH]c3ccccc23)C(c2ccccc2)N1. The number of rotatable bonds is 2. The van der Waals surface area contributed by atoms with E-state index >= 15 is 0 Å². The van der Waals surface area contributed by atoms with Crippen molar-refractivity contribution in [2.24, 2.45) is 0 Å². The van der Waals surface area contributed by atoms with Gasteiger partial charge in [0.2, 0.25) is 0 Å². The molecule has 1 aromatic heterocycles. The van der Waals surface area contributed by atoms with Gasteiger partial charge in [0.15, 0.2) is 0 Å². The van der Waals surface area contributed by atoms with Crippen molar-refractivity contribution in [3.05, 3.63) is 71.4 Å². The van der Waals surface area contributed by atoms with E-state index in [0.717, 1.165) is 27.7 Å². The lowest BCUT2D eigenvalue weighted by atomic mass is 9.90. The molecule has 0 aliphatic carbocycles. The summed E-state index contributed by atoms with van der Waals surface area (Å²) >= 11 is 0. The first-order chi connectivity index (χ1) is 10.7. The topological polar surface area (TPSA) is 65.1 Å². The van der Waals surface area contributed by atoms with Gasteiger partial charge in [-0.3, -0.25) is 10.1 Å². The summed E-state index contributed by atoms with van der Waals surface area (Å²) in [6.07, 6.45) is 0.498. The number of halogens is 1. The molecule has 0 radical (unpaired) electrons. The normalized spacial score (nSPS) is 19.8. The first kappa shape index (κ1) is 15.6. The number of aliphatic carboxylic acids is 1. The van der Waals surface area contributed by atoms with Crippen molar-refractivity contribution in [1.82, 2.24) is 10.3 Å². The molecule has 118 valence electrons. The van der Waals surface area contributed by atoms with Crippen molar-refractivity contribution >= 4 is 29.3 Å². The quantitative estimate of drug-likeness (QED) is 0.676. The zero-order valence-corrected chi connectivity index (χ0v) is 13.1. The molecule has 2 unspecified atom stereocenters. The number of hydrogen-bond donors (Lipinski definition) is 3. The van der Waals surface area contributed by atoms with Crippen molar-refractivity contribution < 1.29 is 9.90 Å². The smallest absolute Gasteiger partial charge is 0.321 e. The molecular formula is C18H17ClN2O2. The first-order valence-corrected chi connectivity index (χ1v) is 7.37. The zero-order valence-electron chi connectivity index (χ0n) is 12.3. The van der Waals surface area contributed by atoms with Gasteiger partial charge in [0.1, 0.15) is 6.04 Å². The fourth-order valence-corrected chi connectivity index (χ4v) is 3.30. The van der Waals surface area contributed by atoms with Gasteiger partial charge < -0.3 is 10.1 Å². The number of carbonyl (C=O) groups is 1. The van der Waals surface area contributed by atoms with Gasteiger partial charge in [-0.25, -0.2) is 0 Å². The second-order valence-corrected chi connectivity index (χ2v) is 5.67. The number of benzene rings is 2. The number of nitrogens with one attached hydrogen (secondary N) is 2. The van der Waals surface area contributed by atoms with Crippen LogP contribution in [0.25, 0.3) is 10.9 Å². The molecule has 1 aliphatic heterocycles. The van der Waals surface area contributed by atoms with E-state index in [0.29, 0.717) is 6.42 Å². The average Bonchev–Trinajstić information content (AvgIpc) is 2.93. The maximum Gasteiger partial charge on any atom is 0.321 e. The summed E-state index contributed by atoms with van der Waals surface area (Å²) in [6, 6.07) is 17.3. The number of carboxylic acid groups (broad SMARTS) is 1. The van der Waals surface area contributed by atoms with E-state index in [9.17, 15) is 9.90 Å². The third-order valence-corrected chi connectivity index (χ3v) is 4.34. The summed E-state index contributed by atoms with van der Waals surface area (Å²) < 4.78 is 0. The third-order valence-electron chi connectivity index (χ3n) is 4.34. The van der Waals surface area contributed by atoms with Gasteiger partial charge in [0.25, 0.3) is 0 Å². The fraction of sp³-hybridized carbons (Fsp3) is 0.167. The van der Waals surface area contributed by atoms with Crippen LogP contribution in [0, 0.1) is 0 Å². The molecule has 0 saturated heterocycles. The van der Waals surface area contributed by atoms with Crippen LogP contribution in [0.15, 0.2) is 54.6 Å². The van der Waals surface area contributed by atoms with Crippen molar-refractivity contribution in [3.8, 4) is 0 Å². The Bertz CT molecular complexity index is 845. The monoisotopic (exact) mass is 328 g/mol. The number of fused-ring (bicyclic) bond motifs is 3. The molecule has 23 heavy (non-hydrogen) atoms. The summed E-state index contributed by atoms with van der Waals surface area (Å²) in [5.41, 5.74) is 4.31. The maximum absolute atomic E-state index is 11.5. The van der Waals surface area contributed by atoms with Crippen molar-refractivity contribution in [2.75, 3.05) is 0 Å². The summed E-state index contributed by atoms with van der Waals surface area (Å²) in [5.74, 6) is -0.808. The van der Waals surface area contributed by atoms with E-state index in [1.54, 1.807) is 0 Å². The van der Waals surface area contributed by atoms with Crippen LogP contribution in [-0.4, -0.2) is 22.1 Å². The summed E-state index contributed by atoms with van der Waals surface area (Å²) in [5, 5.41) is 13.8. The lowest BCUT2D eigenvalue weighted by Crippen LogP contribution is -2.44. The largest absolute Gasteiger partial charge is 0.480 e. The molecule has 2 aromatic carbocycles. The Labute approximate surface area is 139 Å². The molecule has 0 saturated carbocycles. The van der Waals surface area contributed by atoms with Crippen molar-refractivity contribution in [2.45, 2.75) is 18.5 Å². The molecule has 3 N–H and O–H groups in total. The van der Waals surface area contributed by atoms with Gasteiger partial charge in [0.05, 0.1) is 6.04 Å². The molecule has 0 fully saturated rings. The van der Waals surface area contributed by atoms with Crippen LogP contribution < -0.4 is 5.32 Å². The lowest BCUT2D eigenvalue weighted by molar-refractivity contribution is -0.139. The number of aromatic amines is 1. The molecule has 5 heteroatoms. The number of para-hydroxylation sites is 1. The van der Waals surface area contributed by atoms with Crippen LogP contribution in [0.5, 0.6) is 0 Å². The Balaban J connectivity index is 0.00000156. The minimum absolute atomic E-state index is 0. The van der Waals surface area contributed by atoms with E-state index in [1.807, 2.05) is 48.5 Å². The molecule has 0 amide bonds. The van der Waals surface area contributed by atoms with Gasteiger partial charge in [-0.1, -0.05) is 48.5 Å². The Morgan fingerprint density at radius 3 is 2.48 bits per heavy atom. The molecule has 3 aromatic rings. The van der Waals surface area contributed by atoms with E-state index in [1.165, 1.54) is 0 Å². The van der Waals surface area contributed by atoms with Crippen LogP contribution in [-0.2, 0) is 11.2 Å². The van der Waals surface area contributed by atoms with Gasteiger partial charge in [-0.05, 0) is 17.2 Å². The van der Waals surface area contributed by atoms with E-state index < -0.39 is 12.0 Å². The average molecular weight is 329 g/mol. The van der Waals surface area contributed by atoms with Crippen molar-refractivity contribution in [1.29, 1.82) is 0 Å². The maximum atomic E-state index is 11.5. The molecule has 4 nitrogen and oxygen atoms in total. The zero-order chi connectivity index (χ0) is 15.1. The van der Waals surface area contributed by atoms with E-state index in [4.69, 9.17) is 0 Å². The third kappa shape index (κ3) is 2.60. The van der Waals surface area contributed by atoms with E-state index in [2.05, 4.69) is 16.4 Å². The molecule has 0 bridgehead atoms. The standard InChI is InChI=1S/C18H16N2O2.ClH/c21-18(22)15-10-13-12-8-4-5-9-14(12)19-17(13)16(20-15)11-6-2-1-3-7-11;/h1-9,15-16,19-20H,10H2,(H,21,22);1H. The Morgan fingerprint density at radius 2 is 1.74 bits per heavy atom. The highest BCUT2D eigenvalue weighted by atomic mass is 35.5. The molecule has 2 atom stereocenters. The Kier molecular flexibility index (Phi) is 4.11. The second-order valence-electron chi connectivity index (χ2n) is 5.67. The molecular weight excluding hydrogens is 312 g/mol. The van der Waals surface area contributed by atoms with Gasteiger partial charge in [0, 0.05) is 23.0 Å². The highest BCUT2D eigenvalue weighted by Crippen LogP contribution is 2.35. The second kappa shape index (κ2) is 6.07. The lowest BCUT2D eigenvalue weighted by Gasteiger charge is -2.29. The predicted molar refractivity (Wildman–Crippen MR) is 92.1 cm³/mol. The van der Waals surface area contributed by atoms with Gasteiger partial charge >= 0.3 is 5.97 Å². The predicted octanol–water partition coefficient (Wildman–Crippen LogP) is 3.28. The van der Waals surface area contributed by atoms with Crippen molar-refractivity contribution in [3.63, 3.8) is 0 Å². The number of hydrogen-bond acceptors (Lipinski definition) is 2. The van der Waals surface area contributed by atoms with Gasteiger partial charge in [-0.15, -0.1) is 12.4 Å². The number of H-pyrrole nitrogens is 1. The first-order valence-electron chi connectivity index (χ1n) is 7.37. The molecule has 4 rings (SSSR count). The van der Waals surface area contributed by atoms with Crippen LogP contribution in [0.3, 0.4) is 0 Å². The highest BCUT2D eigenvalue weighted by molar-refractivity contribution is 5.87.